The summed E-state index contributed by atoms with van der Waals surface area (Å²) in [5, 5.41) is 3.24. The van der Waals surface area contributed by atoms with Gasteiger partial charge in [0.05, 0.1) is 5.69 Å². The molecule has 4 nitrogen and oxygen atoms in total. The van der Waals surface area contributed by atoms with Crippen LogP contribution in [0, 0.1) is 0 Å². The van der Waals surface area contributed by atoms with Gasteiger partial charge in [-0.3, -0.25) is 0 Å². The molecule has 0 spiro atoms. The molecule has 15 heavy (non-hydrogen) atoms. The van der Waals surface area contributed by atoms with E-state index in [9.17, 15) is 0 Å². The quantitative estimate of drug-likeness (QED) is 0.667. The maximum Gasteiger partial charge on any atom is 0.181 e. The van der Waals surface area contributed by atoms with Crippen LogP contribution >= 0.6 is 0 Å². The Morgan fingerprint density at radius 2 is 2.33 bits per heavy atom. The Hall–Kier alpha value is -0.870. The van der Waals surface area contributed by atoms with Gasteiger partial charge in [-0.25, -0.2) is 4.98 Å². The van der Waals surface area contributed by atoms with Gasteiger partial charge in [0, 0.05) is 26.2 Å². The lowest BCUT2D eigenvalue weighted by molar-refractivity contribution is 0.144. The molecule has 0 saturated heterocycles. The molecule has 1 N–H and O–H groups in total. The van der Waals surface area contributed by atoms with Crippen LogP contribution in [0.4, 0.5) is 0 Å². The Labute approximate surface area is 91.0 Å². The minimum Gasteiger partial charge on any atom is -0.448 e. The molecule has 0 aliphatic rings. The number of rotatable bonds is 8. The lowest BCUT2D eigenvalue weighted by Crippen LogP contribution is -2.13. The maximum atomic E-state index is 5.34. The van der Waals surface area contributed by atoms with E-state index in [1.807, 2.05) is 6.92 Å². The van der Waals surface area contributed by atoms with Crippen molar-refractivity contribution in [3.8, 4) is 0 Å². The molecule has 0 radical (unpaired) electrons. The molecule has 0 atom stereocenters. The van der Waals surface area contributed by atoms with Crippen molar-refractivity contribution in [3.05, 3.63) is 17.8 Å². The summed E-state index contributed by atoms with van der Waals surface area (Å²) in [4.78, 5) is 4.18. The van der Waals surface area contributed by atoms with E-state index in [4.69, 9.17) is 9.15 Å². The van der Waals surface area contributed by atoms with E-state index in [-0.39, 0.29) is 0 Å². The second kappa shape index (κ2) is 7.43. The molecule has 0 unspecified atom stereocenters. The highest BCUT2D eigenvalue weighted by Crippen LogP contribution is 2.09. The molecule has 1 rings (SSSR count). The predicted octanol–water partition coefficient (Wildman–Crippen LogP) is 1.75. The van der Waals surface area contributed by atoms with Gasteiger partial charge in [-0.2, -0.15) is 0 Å². The predicted molar refractivity (Wildman–Crippen MR) is 58.7 cm³/mol. The van der Waals surface area contributed by atoms with Crippen LogP contribution in [0.1, 0.15) is 31.7 Å². The van der Waals surface area contributed by atoms with E-state index in [1.54, 1.807) is 0 Å². The third-order valence-corrected chi connectivity index (χ3v) is 2.16. The first-order valence-corrected chi connectivity index (χ1v) is 5.58. The van der Waals surface area contributed by atoms with Gasteiger partial charge in [0.1, 0.15) is 5.76 Å². The molecule has 0 aromatic carbocycles. The van der Waals surface area contributed by atoms with Gasteiger partial charge >= 0.3 is 0 Å². The summed E-state index contributed by atoms with van der Waals surface area (Å²) in [7, 11) is 0. The largest absolute Gasteiger partial charge is 0.448 e. The van der Waals surface area contributed by atoms with Crippen molar-refractivity contribution in [2.24, 2.45) is 0 Å². The summed E-state index contributed by atoms with van der Waals surface area (Å²) in [5.74, 6) is 0.982. The first-order valence-electron chi connectivity index (χ1n) is 5.58. The maximum absolute atomic E-state index is 5.34. The van der Waals surface area contributed by atoms with Crippen LogP contribution < -0.4 is 5.32 Å². The summed E-state index contributed by atoms with van der Waals surface area (Å²) >= 11 is 0. The van der Waals surface area contributed by atoms with Gasteiger partial charge in [-0.15, -0.1) is 0 Å². The number of hydrogen-bond donors (Lipinski definition) is 1. The van der Waals surface area contributed by atoms with Gasteiger partial charge in [0.2, 0.25) is 0 Å². The zero-order valence-electron chi connectivity index (χ0n) is 9.58. The molecule has 0 fully saturated rings. The number of aryl methyl sites for hydroxylation is 1. The summed E-state index contributed by atoms with van der Waals surface area (Å²) < 4.78 is 10.6. The smallest absolute Gasteiger partial charge is 0.181 e. The normalized spacial score (nSPS) is 10.8. The van der Waals surface area contributed by atoms with Crippen LogP contribution in [-0.4, -0.2) is 24.7 Å². The van der Waals surface area contributed by atoms with Gasteiger partial charge < -0.3 is 14.5 Å². The van der Waals surface area contributed by atoms with E-state index >= 15 is 0 Å². The Morgan fingerprint density at radius 1 is 1.47 bits per heavy atom. The summed E-state index contributed by atoms with van der Waals surface area (Å²) in [6.45, 7) is 7.39. The van der Waals surface area contributed by atoms with Gasteiger partial charge in [-0.1, -0.05) is 6.92 Å². The molecule has 0 saturated carbocycles. The third-order valence-electron chi connectivity index (χ3n) is 2.16. The van der Waals surface area contributed by atoms with Crippen LogP contribution in [0.15, 0.2) is 10.8 Å². The molecule has 0 aliphatic heterocycles. The summed E-state index contributed by atoms with van der Waals surface area (Å²) in [5.41, 5.74) is 1.02. The topological polar surface area (TPSA) is 47.3 Å². The van der Waals surface area contributed by atoms with E-state index < -0.39 is 0 Å². The second-order valence-electron chi connectivity index (χ2n) is 3.30. The Bertz CT molecular complexity index is 261. The number of nitrogens with one attached hydrogen (secondary N) is 1. The highest BCUT2D eigenvalue weighted by molar-refractivity contribution is 5.06. The van der Waals surface area contributed by atoms with Crippen LogP contribution in [0.5, 0.6) is 0 Å². The van der Waals surface area contributed by atoms with Crippen molar-refractivity contribution in [1.82, 2.24) is 10.3 Å². The van der Waals surface area contributed by atoms with Crippen molar-refractivity contribution in [2.75, 3.05) is 19.8 Å². The zero-order valence-corrected chi connectivity index (χ0v) is 9.58. The molecular weight excluding hydrogens is 192 g/mol. The van der Waals surface area contributed by atoms with Crippen LogP contribution in [0.25, 0.3) is 0 Å². The summed E-state index contributed by atoms with van der Waals surface area (Å²) in [6, 6.07) is 0. The van der Waals surface area contributed by atoms with E-state index in [0.717, 1.165) is 50.6 Å². The van der Waals surface area contributed by atoms with Crippen LogP contribution in [0.3, 0.4) is 0 Å². The average Bonchev–Trinajstić information content (AvgIpc) is 2.69. The van der Waals surface area contributed by atoms with Crippen LogP contribution in [0.2, 0.25) is 0 Å². The van der Waals surface area contributed by atoms with E-state index in [0.29, 0.717) is 0 Å². The highest BCUT2D eigenvalue weighted by atomic mass is 16.5. The van der Waals surface area contributed by atoms with Gasteiger partial charge in [0.25, 0.3) is 0 Å². The Balaban J connectivity index is 2.29. The molecule has 1 aromatic rings. The molecule has 86 valence electrons. The first-order chi connectivity index (χ1) is 7.38. The average molecular weight is 212 g/mol. The number of nitrogens with zero attached hydrogens (tertiary/aromatic N) is 1. The SMILES string of the molecule is CCNCc1ncoc1CCCOCC. The fourth-order valence-electron chi connectivity index (χ4n) is 1.36. The van der Waals surface area contributed by atoms with Crippen molar-refractivity contribution >= 4 is 0 Å². The molecule has 4 heteroatoms. The fraction of sp³-hybridized carbons (Fsp3) is 0.727. The molecule has 1 heterocycles. The third kappa shape index (κ3) is 4.44. The molecule has 0 bridgehead atoms. The van der Waals surface area contributed by atoms with Crippen molar-refractivity contribution in [3.63, 3.8) is 0 Å². The number of oxazole rings is 1. The fourth-order valence-corrected chi connectivity index (χ4v) is 1.36. The number of ether oxygens (including phenoxy) is 1. The van der Waals surface area contributed by atoms with Crippen molar-refractivity contribution < 1.29 is 9.15 Å². The Morgan fingerprint density at radius 3 is 3.07 bits per heavy atom. The summed E-state index contributed by atoms with van der Waals surface area (Å²) in [6.07, 6.45) is 3.41. The van der Waals surface area contributed by atoms with Crippen molar-refractivity contribution in [1.29, 1.82) is 0 Å². The molecule has 0 amide bonds. The zero-order chi connectivity index (χ0) is 10.9. The number of aromatic nitrogens is 1. The first kappa shape index (κ1) is 12.2. The van der Waals surface area contributed by atoms with Crippen LogP contribution in [-0.2, 0) is 17.7 Å². The lowest BCUT2D eigenvalue weighted by atomic mass is 10.2. The lowest BCUT2D eigenvalue weighted by Gasteiger charge is -2.02. The minimum atomic E-state index is 0.778. The Kier molecular flexibility index (Phi) is 6.04. The second-order valence-corrected chi connectivity index (χ2v) is 3.30. The molecule has 1 aromatic heterocycles. The standard InChI is InChI=1S/C11H20N2O2/c1-3-12-8-10-11(15-9-13-10)6-5-7-14-4-2/h9,12H,3-8H2,1-2H3. The van der Waals surface area contributed by atoms with Gasteiger partial charge in [0.15, 0.2) is 6.39 Å². The van der Waals surface area contributed by atoms with Crippen molar-refractivity contribution in [2.45, 2.75) is 33.2 Å². The molecular formula is C11H20N2O2. The minimum absolute atomic E-state index is 0.778. The van der Waals surface area contributed by atoms with Gasteiger partial charge in [-0.05, 0) is 19.9 Å². The molecule has 0 aliphatic carbocycles. The van der Waals surface area contributed by atoms with E-state index in [1.165, 1.54) is 6.39 Å². The van der Waals surface area contributed by atoms with E-state index in [2.05, 4.69) is 17.2 Å². The highest BCUT2D eigenvalue weighted by Gasteiger charge is 2.06. The number of hydrogen-bond acceptors (Lipinski definition) is 4. The monoisotopic (exact) mass is 212 g/mol.